The van der Waals surface area contributed by atoms with Gasteiger partial charge in [0.15, 0.2) is 5.76 Å². The van der Waals surface area contributed by atoms with Crippen LogP contribution < -0.4 is 10.6 Å². The summed E-state index contributed by atoms with van der Waals surface area (Å²) in [5, 5.41) is 10.2. The zero-order chi connectivity index (χ0) is 15.7. The lowest BCUT2D eigenvalue weighted by Crippen LogP contribution is -2.51. The molecule has 1 heterocycles. The van der Waals surface area contributed by atoms with Gasteiger partial charge in [-0.15, -0.1) is 0 Å². The number of rotatable bonds is 5. The summed E-state index contributed by atoms with van der Waals surface area (Å²) in [6.07, 6.45) is 1.55. The molecule has 118 valence electrons. The first-order valence-electron chi connectivity index (χ1n) is 7.37. The van der Waals surface area contributed by atoms with Gasteiger partial charge in [-0.3, -0.25) is 0 Å². The highest BCUT2D eigenvalue weighted by atomic mass is 16.6. The summed E-state index contributed by atoms with van der Waals surface area (Å²) in [7, 11) is 0. The molecule has 0 bridgehead atoms. The Balaban J connectivity index is 1.83. The van der Waals surface area contributed by atoms with Crippen molar-refractivity contribution in [2.75, 3.05) is 0 Å². The van der Waals surface area contributed by atoms with E-state index < -0.39 is 5.60 Å². The fraction of sp³-hybridized carbons (Fsp3) is 0.733. The summed E-state index contributed by atoms with van der Waals surface area (Å²) in [4.78, 5) is 11.9. The molecule has 1 aliphatic carbocycles. The van der Waals surface area contributed by atoms with Crippen molar-refractivity contribution in [3.05, 3.63) is 17.5 Å². The van der Waals surface area contributed by atoms with Gasteiger partial charge in [0.2, 0.25) is 0 Å². The Labute approximate surface area is 125 Å². The van der Waals surface area contributed by atoms with E-state index in [0.717, 1.165) is 24.3 Å². The number of carbonyl (C=O) groups excluding carboxylic acids is 1. The molecule has 1 atom stereocenters. The van der Waals surface area contributed by atoms with Crippen LogP contribution in [0.3, 0.4) is 0 Å². The molecule has 0 spiro atoms. The smallest absolute Gasteiger partial charge is 0.408 e. The molecular formula is C15H25N3O3. The summed E-state index contributed by atoms with van der Waals surface area (Å²) in [5.41, 5.74) is 0.179. The topological polar surface area (TPSA) is 76.4 Å². The van der Waals surface area contributed by atoms with Crippen LogP contribution in [0.15, 0.2) is 10.6 Å². The Kier molecular flexibility index (Phi) is 4.27. The van der Waals surface area contributed by atoms with Crippen molar-refractivity contribution < 1.29 is 14.1 Å². The Morgan fingerprint density at radius 3 is 2.67 bits per heavy atom. The van der Waals surface area contributed by atoms with Gasteiger partial charge >= 0.3 is 6.09 Å². The van der Waals surface area contributed by atoms with E-state index in [9.17, 15) is 4.79 Å². The number of nitrogens with zero attached hydrogens (tertiary/aromatic N) is 1. The van der Waals surface area contributed by atoms with Gasteiger partial charge in [-0.1, -0.05) is 5.16 Å². The molecule has 6 heteroatoms. The molecule has 2 N–H and O–H groups in total. The predicted octanol–water partition coefficient (Wildman–Crippen LogP) is 2.52. The number of alkyl carbamates (subject to hydrolysis) is 1. The highest BCUT2D eigenvalue weighted by molar-refractivity contribution is 5.69. The molecule has 1 aromatic heterocycles. The van der Waals surface area contributed by atoms with Crippen LogP contribution in [-0.2, 0) is 11.3 Å². The van der Waals surface area contributed by atoms with Gasteiger partial charge in [-0.25, -0.2) is 4.79 Å². The lowest BCUT2D eigenvalue weighted by Gasteiger charge is -2.27. The van der Waals surface area contributed by atoms with Crippen LogP contribution in [0.25, 0.3) is 0 Å². The minimum atomic E-state index is -0.478. The molecule has 1 unspecified atom stereocenters. The van der Waals surface area contributed by atoms with Crippen LogP contribution in [0, 0.1) is 6.92 Å². The number of aromatic nitrogens is 1. The van der Waals surface area contributed by atoms with Crippen molar-refractivity contribution in [1.82, 2.24) is 15.8 Å². The summed E-state index contributed by atoms with van der Waals surface area (Å²) in [6.45, 7) is 10.1. The third-order valence-electron chi connectivity index (χ3n) is 3.63. The maximum Gasteiger partial charge on any atom is 0.408 e. The molecule has 6 nitrogen and oxygen atoms in total. The maximum atomic E-state index is 11.9. The fourth-order valence-electron chi connectivity index (χ4n) is 2.26. The lowest BCUT2D eigenvalue weighted by molar-refractivity contribution is 0.0484. The Bertz CT molecular complexity index is 501. The number of ether oxygens (including phenoxy) is 1. The summed E-state index contributed by atoms with van der Waals surface area (Å²) in [6, 6.07) is 2.04. The van der Waals surface area contributed by atoms with Gasteiger partial charge < -0.3 is 19.9 Å². The van der Waals surface area contributed by atoms with Crippen molar-refractivity contribution in [1.29, 1.82) is 0 Å². The number of hydrogen-bond acceptors (Lipinski definition) is 5. The van der Waals surface area contributed by atoms with Gasteiger partial charge in [-0.05, 0) is 47.5 Å². The van der Waals surface area contributed by atoms with Crippen molar-refractivity contribution >= 4 is 6.09 Å². The van der Waals surface area contributed by atoms with Gasteiger partial charge in [0.25, 0.3) is 0 Å². The average Bonchev–Trinajstić information content (AvgIpc) is 2.99. The van der Waals surface area contributed by atoms with Crippen LogP contribution in [0.4, 0.5) is 4.79 Å². The van der Waals surface area contributed by atoms with E-state index in [0.29, 0.717) is 6.54 Å². The molecule has 0 aliphatic heterocycles. The maximum absolute atomic E-state index is 11.9. The molecule has 0 saturated heterocycles. The minimum absolute atomic E-state index is 0.135. The molecule has 1 aromatic rings. The fourth-order valence-corrected chi connectivity index (χ4v) is 2.26. The summed E-state index contributed by atoms with van der Waals surface area (Å²) >= 11 is 0. The minimum Gasteiger partial charge on any atom is -0.444 e. The molecule has 0 radical (unpaired) electrons. The van der Waals surface area contributed by atoms with Gasteiger partial charge in [0, 0.05) is 12.1 Å². The molecule has 1 saturated carbocycles. The van der Waals surface area contributed by atoms with Crippen molar-refractivity contribution in [2.45, 2.75) is 71.2 Å². The first-order chi connectivity index (χ1) is 9.70. The highest BCUT2D eigenvalue weighted by Gasteiger charge is 2.49. The normalized spacial score (nSPS) is 18.1. The monoisotopic (exact) mass is 295 g/mol. The lowest BCUT2D eigenvalue weighted by atomic mass is 10.1. The quantitative estimate of drug-likeness (QED) is 0.873. The second-order valence-corrected chi connectivity index (χ2v) is 6.82. The van der Waals surface area contributed by atoms with Gasteiger partial charge in [0.1, 0.15) is 5.60 Å². The molecule has 0 aromatic carbocycles. The molecule has 1 amide bonds. The van der Waals surface area contributed by atoms with Gasteiger partial charge in [-0.2, -0.15) is 0 Å². The molecular weight excluding hydrogens is 270 g/mol. The Morgan fingerprint density at radius 2 is 2.19 bits per heavy atom. The van der Waals surface area contributed by atoms with Crippen LogP contribution in [-0.4, -0.2) is 28.4 Å². The van der Waals surface area contributed by atoms with E-state index in [2.05, 4.69) is 22.7 Å². The highest BCUT2D eigenvalue weighted by Crippen LogP contribution is 2.39. The first kappa shape index (κ1) is 15.8. The number of nitrogens with one attached hydrogen (secondary N) is 2. The Morgan fingerprint density at radius 1 is 1.52 bits per heavy atom. The largest absolute Gasteiger partial charge is 0.444 e. The number of hydrogen-bond donors (Lipinski definition) is 2. The van der Waals surface area contributed by atoms with Crippen molar-refractivity contribution in [3.8, 4) is 0 Å². The Hall–Kier alpha value is -1.56. The van der Waals surface area contributed by atoms with Crippen LogP contribution in [0.5, 0.6) is 0 Å². The summed E-state index contributed by atoms with van der Waals surface area (Å²) < 4.78 is 10.5. The standard InChI is InChI=1S/C15H25N3O3/c1-10-8-12(21-18-10)9-16-11(2)15(6-7-15)17-13(19)20-14(3,4)5/h8,11,16H,6-7,9H2,1-5H3,(H,17,19). The van der Waals surface area contributed by atoms with Crippen LogP contribution >= 0.6 is 0 Å². The molecule has 1 fully saturated rings. The molecule has 1 aliphatic rings. The number of carbonyl (C=O) groups is 1. The molecule has 21 heavy (non-hydrogen) atoms. The summed E-state index contributed by atoms with van der Waals surface area (Å²) in [5.74, 6) is 0.799. The van der Waals surface area contributed by atoms with E-state index in [4.69, 9.17) is 9.26 Å². The van der Waals surface area contributed by atoms with E-state index in [1.807, 2.05) is 33.8 Å². The van der Waals surface area contributed by atoms with E-state index >= 15 is 0 Å². The second-order valence-electron chi connectivity index (χ2n) is 6.82. The zero-order valence-corrected chi connectivity index (χ0v) is 13.4. The second kappa shape index (κ2) is 5.67. The van der Waals surface area contributed by atoms with E-state index in [-0.39, 0.29) is 17.7 Å². The number of aryl methyl sites for hydroxylation is 1. The third-order valence-corrected chi connectivity index (χ3v) is 3.63. The average molecular weight is 295 g/mol. The van der Waals surface area contributed by atoms with E-state index in [1.165, 1.54) is 0 Å². The SMILES string of the molecule is Cc1cc(CNC(C)C2(NC(=O)OC(C)(C)C)CC2)on1. The van der Waals surface area contributed by atoms with Crippen LogP contribution in [0.2, 0.25) is 0 Å². The third kappa shape index (κ3) is 4.46. The van der Waals surface area contributed by atoms with Crippen molar-refractivity contribution in [2.24, 2.45) is 0 Å². The van der Waals surface area contributed by atoms with Crippen molar-refractivity contribution in [3.63, 3.8) is 0 Å². The van der Waals surface area contributed by atoms with E-state index in [1.54, 1.807) is 0 Å². The predicted molar refractivity (Wildman–Crippen MR) is 78.9 cm³/mol. The van der Waals surface area contributed by atoms with Crippen LogP contribution in [0.1, 0.15) is 52.0 Å². The zero-order valence-electron chi connectivity index (χ0n) is 13.4. The van der Waals surface area contributed by atoms with Gasteiger partial charge in [0.05, 0.1) is 17.8 Å². The first-order valence-corrected chi connectivity index (χ1v) is 7.37. The number of amides is 1. The molecule has 2 rings (SSSR count).